The van der Waals surface area contributed by atoms with Crippen LogP contribution in [0.3, 0.4) is 0 Å². The minimum atomic E-state index is -0.751. The largest absolute Gasteiger partial charge is 0.482 e. The molecule has 0 bridgehead atoms. The van der Waals surface area contributed by atoms with Crippen molar-refractivity contribution in [1.82, 2.24) is 10.2 Å². The average molecular weight is 472 g/mol. The molecule has 0 aliphatic rings. The molecule has 2 rings (SSSR count). The highest BCUT2D eigenvalue weighted by Crippen LogP contribution is 2.27. The van der Waals surface area contributed by atoms with Crippen LogP contribution in [0.15, 0.2) is 42.5 Å². The first-order valence-corrected chi connectivity index (χ1v) is 10.7. The van der Waals surface area contributed by atoms with Crippen LogP contribution in [0.5, 0.6) is 5.75 Å². The molecule has 2 aromatic rings. The fourth-order valence-electron chi connectivity index (χ4n) is 2.67. The van der Waals surface area contributed by atoms with E-state index in [0.29, 0.717) is 32.9 Å². The van der Waals surface area contributed by atoms with Crippen LogP contribution in [0.25, 0.3) is 0 Å². The molecule has 0 aliphatic heterocycles. The Morgan fingerprint density at radius 3 is 2.17 bits per heavy atom. The Morgan fingerprint density at radius 1 is 0.967 bits per heavy atom. The van der Waals surface area contributed by atoms with Crippen LogP contribution in [0.1, 0.15) is 26.3 Å². The number of nitrogens with one attached hydrogen (secondary N) is 1. The molecule has 1 atom stereocenters. The van der Waals surface area contributed by atoms with E-state index in [1.54, 1.807) is 49.4 Å². The van der Waals surface area contributed by atoms with Crippen molar-refractivity contribution >= 4 is 46.6 Å². The van der Waals surface area contributed by atoms with Crippen LogP contribution in [0.4, 0.5) is 0 Å². The molecule has 1 N–H and O–H groups in total. The van der Waals surface area contributed by atoms with Crippen LogP contribution in [-0.4, -0.2) is 35.9 Å². The predicted octanol–water partition coefficient (Wildman–Crippen LogP) is 5.22. The molecular weight excluding hydrogens is 447 g/mol. The monoisotopic (exact) mass is 470 g/mol. The summed E-state index contributed by atoms with van der Waals surface area (Å²) in [6.07, 6.45) is 0. The average Bonchev–Trinajstić information content (AvgIpc) is 2.70. The molecule has 162 valence electrons. The number of amides is 2. The molecule has 0 aliphatic carbocycles. The van der Waals surface area contributed by atoms with Gasteiger partial charge in [0.2, 0.25) is 5.91 Å². The molecule has 0 heterocycles. The SMILES string of the molecule is CC(C)CNC(=O)C(C)N(Cc1c(Cl)cccc1Cl)C(=O)COc1ccccc1Cl. The number of carbonyl (C=O) groups is 2. The first-order valence-electron chi connectivity index (χ1n) is 9.58. The summed E-state index contributed by atoms with van der Waals surface area (Å²) in [7, 11) is 0. The third-order valence-corrected chi connectivity index (χ3v) is 5.45. The van der Waals surface area contributed by atoms with Gasteiger partial charge in [-0.2, -0.15) is 0 Å². The van der Waals surface area contributed by atoms with Crippen LogP contribution in [-0.2, 0) is 16.1 Å². The number of halogens is 3. The highest BCUT2D eigenvalue weighted by molar-refractivity contribution is 6.36. The lowest BCUT2D eigenvalue weighted by Gasteiger charge is -2.29. The van der Waals surface area contributed by atoms with Crippen LogP contribution < -0.4 is 10.1 Å². The van der Waals surface area contributed by atoms with Gasteiger partial charge in [-0.05, 0) is 37.1 Å². The van der Waals surface area contributed by atoms with Gasteiger partial charge >= 0.3 is 0 Å². The third-order valence-electron chi connectivity index (χ3n) is 4.43. The number of hydrogen-bond acceptors (Lipinski definition) is 3. The van der Waals surface area contributed by atoms with E-state index in [1.807, 2.05) is 13.8 Å². The lowest BCUT2D eigenvalue weighted by molar-refractivity contribution is -0.142. The number of carbonyl (C=O) groups excluding carboxylic acids is 2. The molecule has 0 saturated heterocycles. The van der Waals surface area contributed by atoms with Crippen molar-refractivity contribution < 1.29 is 14.3 Å². The summed E-state index contributed by atoms with van der Waals surface area (Å²) in [5, 5.41) is 4.09. The predicted molar refractivity (Wildman–Crippen MR) is 121 cm³/mol. The zero-order chi connectivity index (χ0) is 22.3. The van der Waals surface area contributed by atoms with Gasteiger partial charge in [-0.15, -0.1) is 0 Å². The van der Waals surface area contributed by atoms with Crippen molar-refractivity contribution in [3.05, 3.63) is 63.1 Å². The van der Waals surface area contributed by atoms with Gasteiger partial charge in [0.15, 0.2) is 6.61 Å². The van der Waals surface area contributed by atoms with Crippen LogP contribution in [0.2, 0.25) is 15.1 Å². The van der Waals surface area contributed by atoms with Gasteiger partial charge < -0.3 is 15.0 Å². The molecule has 8 heteroatoms. The van der Waals surface area contributed by atoms with E-state index in [0.717, 1.165) is 0 Å². The zero-order valence-corrected chi connectivity index (χ0v) is 19.4. The second-order valence-electron chi connectivity index (χ2n) is 7.26. The molecule has 0 spiro atoms. The van der Waals surface area contributed by atoms with Gasteiger partial charge in [0.25, 0.3) is 5.91 Å². The molecule has 5 nitrogen and oxygen atoms in total. The number of benzene rings is 2. The van der Waals surface area contributed by atoms with Crippen molar-refractivity contribution in [3.8, 4) is 5.75 Å². The lowest BCUT2D eigenvalue weighted by atomic mass is 10.1. The van der Waals surface area contributed by atoms with Gasteiger partial charge in [0.1, 0.15) is 11.8 Å². The maximum atomic E-state index is 13.0. The molecule has 0 saturated carbocycles. The Labute approximate surface area is 192 Å². The fourth-order valence-corrected chi connectivity index (χ4v) is 3.38. The van der Waals surface area contributed by atoms with Crippen molar-refractivity contribution in [1.29, 1.82) is 0 Å². The highest BCUT2D eigenvalue weighted by Gasteiger charge is 2.28. The third kappa shape index (κ3) is 6.79. The maximum Gasteiger partial charge on any atom is 0.261 e. The van der Waals surface area contributed by atoms with E-state index in [2.05, 4.69) is 5.32 Å². The topological polar surface area (TPSA) is 58.6 Å². The van der Waals surface area contributed by atoms with Crippen molar-refractivity contribution in [2.75, 3.05) is 13.2 Å². The molecule has 1 unspecified atom stereocenters. The van der Waals surface area contributed by atoms with Gasteiger partial charge in [-0.3, -0.25) is 9.59 Å². The minimum Gasteiger partial charge on any atom is -0.482 e. The Kier molecular flexibility index (Phi) is 9.28. The van der Waals surface area contributed by atoms with Gasteiger partial charge in [0.05, 0.1) is 5.02 Å². The number of rotatable bonds is 9. The van der Waals surface area contributed by atoms with Gasteiger partial charge in [0, 0.05) is 28.7 Å². The number of nitrogens with zero attached hydrogens (tertiary/aromatic N) is 1. The van der Waals surface area contributed by atoms with E-state index in [-0.39, 0.29) is 25.0 Å². The normalized spacial score (nSPS) is 11.8. The summed E-state index contributed by atoms with van der Waals surface area (Å²) >= 11 is 18.7. The summed E-state index contributed by atoms with van der Waals surface area (Å²) in [5.41, 5.74) is 0.565. The fraction of sp³-hybridized carbons (Fsp3) is 0.364. The second kappa shape index (κ2) is 11.4. The Balaban J connectivity index is 2.22. The molecule has 0 fully saturated rings. The van der Waals surface area contributed by atoms with Gasteiger partial charge in [-0.1, -0.05) is 66.8 Å². The summed E-state index contributed by atoms with van der Waals surface area (Å²) in [4.78, 5) is 27.1. The van der Waals surface area contributed by atoms with Crippen molar-refractivity contribution in [2.45, 2.75) is 33.4 Å². The molecule has 0 radical (unpaired) electrons. The summed E-state index contributed by atoms with van der Waals surface area (Å²) < 4.78 is 5.59. The molecule has 2 amide bonds. The molecule has 30 heavy (non-hydrogen) atoms. The zero-order valence-electron chi connectivity index (χ0n) is 17.1. The summed E-state index contributed by atoms with van der Waals surface area (Å²) in [6, 6.07) is 11.2. The Morgan fingerprint density at radius 2 is 1.57 bits per heavy atom. The second-order valence-corrected chi connectivity index (χ2v) is 8.48. The van der Waals surface area contributed by atoms with E-state index in [9.17, 15) is 9.59 Å². The van der Waals surface area contributed by atoms with Crippen LogP contribution >= 0.6 is 34.8 Å². The van der Waals surface area contributed by atoms with Crippen molar-refractivity contribution in [3.63, 3.8) is 0 Å². The molecule has 2 aromatic carbocycles. The van der Waals surface area contributed by atoms with E-state index < -0.39 is 11.9 Å². The Bertz CT molecular complexity index is 869. The van der Waals surface area contributed by atoms with E-state index in [4.69, 9.17) is 39.5 Å². The molecule has 0 aromatic heterocycles. The first kappa shape index (κ1) is 24.3. The van der Waals surface area contributed by atoms with E-state index >= 15 is 0 Å². The molecular formula is C22H25Cl3N2O3. The first-order chi connectivity index (χ1) is 14.2. The lowest BCUT2D eigenvalue weighted by Crippen LogP contribution is -2.49. The standard InChI is InChI=1S/C22H25Cl3N2O3/c1-14(2)11-26-22(29)15(3)27(12-16-17(23)8-6-9-18(16)24)21(28)13-30-20-10-5-4-7-19(20)25/h4-10,14-15H,11-13H2,1-3H3,(H,26,29). The van der Waals surface area contributed by atoms with Crippen LogP contribution in [0, 0.1) is 5.92 Å². The Hall–Kier alpha value is -1.95. The minimum absolute atomic E-state index is 0.0689. The van der Waals surface area contributed by atoms with Crippen molar-refractivity contribution in [2.24, 2.45) is 5.92 Å². The number of hydrogen-bond donors (Lipinski definition) is 1. The summed E-state index contributed by atoms with van der Waals surface area (Å²) in [5.74, 6) is 0.0168. The number of para-hydroxylation sites is 1. The highest BCUT2D eigenvalue weighted by atomic mass is 35.5. The summed E-state index contributed by atoms with van der Waals surface area (Å²) in [6.45, 7) is 5.94. The smallest absolute Gasteiger partial charge is 0.261 e. The van der Waals surface area contributed by atoms with Gasteiger partial charge in [-0.25, -0.2) is 0 Å². The van der Waals surface area contributed by atoms with E-state index in [1.165, 1.54) is 4.90 Å². The number of ether oxygens (including phenoxy) is 1. The maximum absolute atomic E-state index is 13.0. The quantitative estimate of drug-likeness (QED) is 0.546.